The van der Waals surface area contributed by atoms with Crippen molar-refractivity contribution in [1.82, 2.24) is 9.88 Å². The lowest BCUT2D eigenvalue weighted by atomic mass is 9.95. The van der Waals surface area contributed by atoms with Crippen molar-refractivity contribution in [3.8, 4) is 6.07 Å². The Labute approximate surface area is 218 Å². The second kappa shape index (κ2) is 11.3. The third kappa shape index (κ3) is 6.35. The number of hydrogen-bond acceptors (Lipinski definition) is 7. The monoisotopic (exact) mass is 531 g/mol. The van der Waals surface area contributed by atoms with Crippen molar-refractivity contribution < 1.29 is 14.7 Å². The van der Waals surface area contributed by atoms with E-state index in [-0.39, 0.29) is 32.8 Å². The van der Waals surface area contributed by atoms with Gasteiger partial charge in [-0.25, -0.2) is 0 Å². The smallest absolute Gasteiger partial charge is 0.270 e. The molecule has 0 saturated heterocycles. The van der Waals surface area contributed by atoms with Gasteiger partial charge in [-0.2, -0.15) is 5.26 Å². The van der Waals surface area contributed by atoms with Crippen LogP contribution in [0.25, 0.3) is 11.8 Å². The Morgan fingerprint density at radius 1 is 1.28 bits per heavy atom. The Hall–Kier alpha value is -3.13. The molecule has 1 aliphatic rings. The van der Waals surface area contributed by atoms with E-state index in [9.17, 15) is 24.8 Å². The highest BCUT2D eigenvalue weighted by molar-refractivity contribution is 7.07. The molecular formula is C25H30ClN5O4S. The van der Waals surface area contributed by atoms with Crippen molar-refractivity contribution in [3.63, 3.8) is 0 Å². The van der Waals surface area contributed by atoms with Crippen LogP contribution >= 0.6 is 22.9 Å². The van der Waals surface area contributed by atoms with Crippen molar-refractivity contribution in [3.05, 3.63) is 42.8 Å². The van der Waals surface area contributed by atoms with Crippen LogP contribution in [0, 0.1) is 16.7 Å². The lowest BCUT2D eigenvalue weighted by Gasteiger charge is -2.18. The number of aromatic nitrogens is 1. The summed E-state index contributed by atoms with van der Waals surface area (Å²) in [6, 6.07) is 6.46. The highest BCUT2D eigenvalue weighted by atomic mass is 35.5. The molecule has 11 heteroatoms. The second-order valence-electron chi connectivity index (χ2n) is 9.61. The minimum absolute atomic E-state index is 0.170. The predicted molar refractivity (Wildman–Crippen MR) is 142 cm³/mol. The van der Waals surface area contributed by atoms with Gasteiger partial charge in [0.1, 0.15) is 15.3 Å². The summed E-state index contributed by atoms with van der Waals surface area (Å²) in [6.45, 7) is 7.42. The molecule has 192 valence electrons. The van der Waals surface area contributed by atoms with Gasteiger partial charge in [-0.1, -0.05) is 32.4 Å². The SMILES string of the molecule is CCn1c(=O)/c(=C\Nc2cc(Cl)cc(NC(=O)C(C)(C)C)c2)s/c1=C(/C#N)C(=O)N[C@H]1CCC[C@@H]1O. The van der Waals surface area contributed by atoms with Gasteiger partial charge in [0.25, 0.3) is 11.5 Å². The third-order valence-electron chi connectivity index (χ3n) is 5.78. The summed E-state index contributed by atoms with van der Waals surface area (Å²) in [5.41, 5.74) is -0.0662. The summed E-state index contributed by atoms with van der Waals surface area (Å²) >= 11 is 7.24. The lowest BCUT2D eigenvalue weighted by molar-refractivity contribution is -0.123. The average Bonchev–Trinajstić information content (AvgIpc) is 3.34. The molecule has 36 heavy (non-hydrogen) atoms. The zero-order valence-electron chi connectivity index (χ0n) is 20.6. The van der Waals surface area contributed by atoms with E-state index in [1.165, 1.54) is 10.8 Å². The summed E-state index contributed by atoms with van der Waals surface area (Å²) in [5.74, 6) is -0.781. The molecule has 2 amide bonds. The Balaban J connectivity index is 1.95. The van der Waals surface area contributed by atoms with Crippen LogP contribution in [0.15, 0.2) is 23.0 Å². The standard InChI is InChI=1S/C25H30ClN5O4S/c1-5-31-22(34)20(36-23(31)17(12-27)21(33)30-18-7-6-8-19(18)32)13-28-15-9-14(26)10-16(11-15)29-24(35)25(2,3)4/h9-11,13,18-19,28,32H,5-8H2,1-4H3,(H,29,35)(H,30,33)/b20-13+,23-17-/t18-,19-/m0/s1. The minimum Gasteiger partial charge on any atom is -0.391 e. The molecule has 2 aromatic rings. The van der Waals surface area contributed by atoms with Gasteiger partial charge in [-0.3, -0.25) is 19.0 Å². The lowest BCUT2D eigenvalue weighted by Crippen LogP contribution is -2.42. The first kappa shape index (κ1) is 27.5. The molecule has 1 aromatic carbocycles. The molecule has 0 unspecified atom stereocenters. The number of aliphatic hydroxyl groups excluding tert-OH is 1. The van der Waals surface area contributed by atoms with Crippen LogP contribution in [0.1, 0.15) is 47.0 Å². The fourth-order valence-electron chi connectivity index (χ4n) is 3.75. The molecule has 2 atom stereocenters. The van der Waals surface area contributed by atoms with Gasteiger partial charge >= 0.3 is 0 Å². The molecule has 3 rings (SSSR count). The zero-order chi connectivity index (χ0) is 26.6. The first-order chi connectivity index (χ1) is 16.9. The van der Waals surface area contributed by atoms with Crippen LogP contribution in [0.4, 0.5) is 11.4 Å². The maximum Gasteiger partial charge on any atom is 0.270 e. The molecule has 1 aromatic heterocycles. The fraction of sp³-hybridized carbons (Fsp3) is 0.440. The normalized spacial score (nSPS) is 19.0. The van der Waals surface area contributed by atoms with E-state index < -0.39 is 23.5 Å². The summed E-state index contributed by atoms with van der Waals surface area (Å²) < 4.78 is 1.90. The molecule has 0 radical (unpaired) electrons. The predicted octanol–water partition coefficient (Wildman–Crippen LogP) is 2.12. The number of halogens is 1. The summed E-state index contributed by atoms with van der Waals surface area (Å²) in [7, 11) is 0. The number of anilines is 2. The molecule has 9 nitrogen and oxygen atoms in total. The fourth-order valence-corrected chi connectivity index (χ4v) is 5.07. The zero-order valence-corrected chi connectivity index (χ0v) is 22.2. The van der Waals surface area contributed by atoms with Crippen LogP contribution in [-0.4, -0.2) is 33.6 Å². The second-order valence-corrected chi connectivity index (χ2v) is 11.1. The van der Waals surface area contributed by atoms with Crippen molar-refractivity contribution in [2.24, 2.45) is 5.41 Å². The van der Waals surface area contributed by atoms with Gasteiger partial charge in [-0.15, -0.1) is 11.3 Å². The average molecular weight is 532 g/mol. The topological polar surface area (TPSA) is 136 Å². The number of carbonyl (C=O) groups excluding carboxylic acids is 2. The van der Waals surface area contributed by atoms with Crippen LogP contribution in [-0.2, 0) is 16.1 Å². The Morgan fingerprint density at radius 2 is 1.97 bits per heavy atom. The Bertz CT molecular complexity index is 1380. The van der Waals surface area contributed by atoms with Gasteiger partial charge in [0, 0.05) is 34.6 Å². The summed E-state index contributed by atoms with van der Waals surface area (Å²) in [5, 5.41) is 28.7. The number of hydrogen-bond donors (Lipinski definition) is 4. The highest BCUT2D eigenvalue weighted by Gasteiger charge is 2.28. The highest BCUT2D eigenvalue weighted by Crippen LogP contribution is 2.25. The largest absolute Gasteiger partial charge is 0.391 e. The molecule has 1 saturated carbocycles. The molecule has 4 N–H and O–H groups in total. The van der Waals surface area contributed by atoms with Crippen LogP contribution in [0.2, 0.25) is 5.02 Å². The van der Waals surface area contributed by atoms with E-state index in [4.69, 9.17) is 11.6 Å². The van der Waals surface area contributed by atoms with Gasteiger partial charge < -0.3 is 21.1 Å². The number of amides is 2. The van der Waals surface area contributed by atoms with E-state index in [2.05, 4.69) is 16.0 Å². The number of carbonyl (C=O) groups is 2. The van der Waals surface area contributed by atoms with Crippen LogP contribution < -0.4 is 30.7 Å². The van der Waals surface area contributed by atoms with E-state index in [1.807, 2.05) is 6.07 Å². The molecule has 0 spiro atoms. The van der Waals surface area contributed by atoms with Crippen molar-refractivity contribution in [2.75, 3.05) is 10.6 Å². The van der Waals surface area contributed by atoms with Crippen molar-refractivity contribution in [1.29, 1.82) is 5.26 Å². The number of thiazole rings is 1. The summed E-state index contributed by atoms with van der Waals surface area (Å²) in [4.78, 5) is 38.1. The maximum atomic E-state index is 13.0. The quantitative estimate of drug-likeness (QED) is 0.451. The Morgan fingerprint density at radius 3 is 2.56 bits per heavy atom. The first-order valence-corrected chi connectivity index (χ1v) is 12.9. The number of benzene rings is 1. The van der Waals surface area contributed by atoms with Gasteiger partial charge in [0.2, 0.25) is 5.91 Å². The molecular weight excluding hydrogens is 502 g/mol. The van der Waals surface area contributed by atoms with E-state index >= 15 is 0 Å². The molecule has 0 aliphatic heterocycles. The molecule has 1 aliphatic carbocycles. The number of nitrogens with one attached hydrogen (secondary N) is 3. The van der Waals surface area contributed by atoms with Crippen molar-refractivity contribution in [2.45, 2.75) is 65.6 Å². The maximum absolute atomic E-state index is 13.0. The van der Waals surface area contributed by atoms with Crippen LogP contribution in [0.3, 0.4) is 0 Å². The summed E-state index contributed by atoms with van der Waals surface area (Å²) in [6.07, 6.45) is 2.87. The molecule has 0 bridgehead atoms. The van der Waals surface area contributed by atoms with Crippen LogP contribution in [0.5, 0.6) is 0 Å². The van der Waals surface area contributed by atoms with Gasteiger partial charge in [0.05, 0.1) is 12.1 Å². The van der Waals surface area contributed by atoms with E-state index in [0.717, 1.165) is 17.8 Å². The molecule has 1 fully saturated rings. The first-order valence-electron chi connectivity index (χ1n) is 11.7. The number of rotatable bonds is 6. The van der Waals surface area contributed by atoms with E-state index in [1.54, 1.807) is 45.9 Å². The van der Waals surface area contributed by atoms with Gasteiger partial charge in [0.15, 0.2) is 5.57 Å². The number of nitriles is 1. The minimum atomic E-state index is -0.644. The van der Waals surface area contributed by atoms with E-state index in [0.29, 0.717) is 29.2 Å². The van der Waals surface area contributed by atoms with Crippen molar-refractivity contribution >= 4 is 57.9 Å². The third-order valence-corrected chi connectivity index (χ3v) is 7.13. The van der Waals surface area contributed by atoms with Gasteiger partial charge in [-0.05, 0) is 44.4 Å². The Kier molecular flexibility index (Phi) is 8.61. The number of aliphatic hydroxyl groups is 1. The molecule has 1 heterocycles. The number of nitrogens with zero attached hydrogens (tertiary/aromatic N) is 2.